The first-order chi connectivity index (χ1) is 11.8. The molecule has 1 atom stereocenters. The lowest BCUT2D eigenvalue weighted by Gasteiger charge is -2.10. The Kier molecular flexibility index (Phi) is 5.84. The molecular formula is C17H21FN4O3. The summed E-state index contributed by atoms with van der Waals surface area (Å²) in [4.78, 5) is 27.2. The number of benzene rings is 1. The van der Waals surface area contributed by atoms with E-state index in [9.17, 15) is 14.0 Å². The molecule has 0 spiro atoms. The molecule has 0 fully saturated rings. The summed E-state index contributed by atoms with van der Waals surface area (Å²) in [7, 11) is 0. The van der Waals surface area contributed by atoms with Gasteiger partial charge in [-0.15, -0.1) is 5.10 Å². The van der Waals surface area contributed by atoms with Crippen molar-refractivity contribution in [2.24, 2.45) is 0 Å². The summed E-state index contributed by atoms with van der Waals surface area (Å²) < 4.78 is 14.9. The van der Waals surface area contributed by atoms with E-state index in [0.717, 1.165) is 0 Å². The molecular weight excluding hydrogens is 327 g/mol. The Morgan fingerprint density at radius 3 is 2.64 bits per heavy atom. The molecule has 1 aromatic carbocycles. The quantitative estimate of drug-likeness (QED) is 0.801. The third kappa shape index (κ3) is 4.85. The highest BCUT2D eigenvalue weighted by molar-refractivity contribution is 5.90. The maximum Gasteiger partial charge on any atom is 0.303 e. The van der Waals surface area contributed by atoms with Gasteiger partial charge in [0.15, 0.2) is 0 Å². The molecule has 2 rings (SSSR count). The number of aromatic nitrogens is 3. The van der Waals surface area contributed by atoms with E-state index in [1.165, 1.54) is 16.8 Å². The number of carboxylic acid groups (broad SMARTS) is 1. The number of hydrogen-bond donors (Lipinski definition) is 2. The van der Waals surface area contributed by atoms with Crippen LogP contribution in [0.15, 0.2) is 24.3 Å². The van der Waals surface area contributed by atoms with E-state index in [4.69, 9.17) is 5.11 Å². The van der Waals surface area contributed by atoms with Crippen LogP contribution in [0.3, 0.4) is 0 Å². The number of rotatable bonds is 7. The Bertz CT molecular complexity index is 773. The molecule has 0 radical (unpaired) electrons. The van der Waals surface area contributed by atoms with Crippen LogP contribution in [0.25, 0.3) is 5.69 Å². The highest BCUT2D eigenvalue weighted by Gasteiger charge is 2.21. The molecule has 1 heterocycles. The standard InChI is InChI=1S/C17H21FN4O3/c1-10(2)16-20-15(17(25)19-11(3)7-8-14(23)24)21-22(16)13-6-4-5-12(18)9-13/h4-6,9-11H,7-8H2,1-3H3,(H,19,25)(H,23,24). The van der Waals surface area contributed by atoms with Crippen molar-refractivity contribution in [2.45, 2.75) is 45.6 Å². The lowest BCUT2D eigenvalue weighted by molar-refractivity contribution is -0.137. The van der Waals surface area contributed by atoms with E-state index in [1.54, 1.807) is 19.1 Å². The largest absolute Gasteiger partial charge is 0.481 e. The third-order valence-corrected chi connectivity index (χ3v) is 3.57. The molecule has 8 heteroatoms. The molecule has 2 aromatic rings. The maximum atomic E-state index is 13.5. The number of carbonyl (C=O) groups excluding carboxylic acids is 1. The van der Waals surface area contributed by atoms with Gasteiger partial charge in [0.05, 0.1) is 5.69 Å². The SMILES string of the molecule is CC(CCC(=O)O)NC(=O)c1nc(C(C)C)n(-c2cccc(F)c2)n1. The fraction of sp³-hybridized carbons (Fsp3) is 0.412. The summed E-state index contributed by atoms with van der Waals surface area (Å²) in [6.45, 7) is 5.52. The fourth-order valence-corrected chi connectivity index (χ4v) is 2.29. The normalized spacial score (nSPS) is 12.2. The molecule has 1 amide bonds. The Hall–Kier alpha value is -2.77. The van der Waals surface area contributed by atoms with Crippen molar-refractivity contribution >= 4 is 11.9 Å². The minimum Gasteiger partial charge on any atom is -0.481 e. The molecule has 0 aliphatic rings. The molecule has 134 valence electrons. The zero-order valence-corrected chi connectivity index (χ0v) is 14.4. The molecule has 0 bridgehead atoms. The van der Waals surface area contributed by atoms with Crippen LogP contribution in [-0.4, -0.2) is 37.8 Å². The van der Waals surface area contributed by atoms with Crippen molar-refractivity contribution in [3.05, 3.63) is 41.7 Å². The molecule has 25 heavy (non-hydrogen) atoms. The summed E-state index contributed by atoms with van der Waals surface area (Å²) in [5.74, 6) is -1.34. The Balaban J connectivity index is 2.23. The molecule has 1 aromatic heterocycles. The lowest BCUT2D eigenvalue weighted by atomic mass is 10.2. The number of amides is 1. The molecule has 0 saturated heterocycles. The summed E-state index contributed by atoms with van der Waals surface area (Å²) in [6.07, 6.45) is 0.270. The van der Waals surface area contributed by atoms with Gasteiger partial charge in [-0.05, 0) is 31.5 Å². The molecule has 0 saturated carbocycles. The van der Waals surface area contributed by atoms with E-state index in [2.05, 4.69) is 15.4 Å². The van der Waals surface area contributed by atoms with E-state index in [0.29, 0.717) is 17.9 Å². The Morgan fingerprint density at radius 1 is 1.32 bits per heavy atom. The van der Waals surface area contributed by atoms with Crippen LogP contribution in [0.1, 0.15) is 56.0 Å². The predicted molar refractivity (Wildman–Crippen MR) is 89.2 cm³/mol. The molecule has 2 N–H and O–H groups in total. The number of nitrogens with zero attached hydrogens (tertiary/aromatic N) is 3. The smallest absolute Gasteiger partial charge is 0.303 e. The monoisotopic (exact) mass is 348 g/mol. The summed E-state index contributed by atoms with van der Waals surface area (Å²) in [5.41, 5.74) is 0.481. The van der Waals surface area contributed by atoms with E-state index in [1.807, 2.05) is 13.8 Å². The number of hydrogen-bond acceptors (Lipinski definition) is 4. The fourth-order valence-electron chi connectivity index (χ4n) is 2.29. The summed E-state index contributed by atoms with van der Waals surface area (Å²) >= 11 is 0. The number of carbonyl (C=O) groups is 2. The van der Waals surface area contributed by atoms with Gasteiger partial charge in [-0.25, -0.2) is 14.1 Å². The molecule has 0 aliphatic heterocycles. The number of carboxylic acids is 1. The maximum absolute atomic E-state index is 13.5. The van der Waals surface area contributed by atoms with Crippen molar-refractivity contribution < 1.29 is 19.1 Å². The number of aliphatic carboxylic acids is 1. The minimum atomic E-state index is -0.920. The average Bonchev–Trinajstić information content (AvgIpc) is 2.98. The van der Waals surface area contributed by atoms with Crippen LogP contribution in [0, 0.1) is 5.82 Å². The molecule has 0 aliphatic carbocycles. The number of halogens is 1. The second kappa shape index (κ2) is 7.87. The predicted octanol–water partition coefficient (Wildman–Crippen LogP) is 2.51. The zero-order valence-electron chi connectivity index (χ0n) is 14.4. The van der Waals surface area contributed by atoms with Gasteiger partial charge < -0.3 is 10.4 Å². The van der Waals surface area contributed by atoms with Gasteiger partial charge in [0.1, 0.15) is 11.6 Å². The van der Waals surface area contributed by atoms with Gasteiger partial charge in [0.2, 0.25) is 5.82 Å². The average molecular weight is 348 g/mol. The van der Waals surface area contributed by atoms with Gasteiger partial charge in [-0.3, -0.25) is 9.59 Å². The summed E-state index contributed by atoms with van der Waals surface area (Å²) in [6, 6.07) is 5.56. The van der Waals surface area contributed by atoms with Crippen molar-refractivity contribution in [3.8, 4) is 5.69 Å². The van der Waals surface area contributed by atoms with Crippen molar-refractivity contribution in [2.75, 3.05) is 0 Å². The van der Waals surface area contributed by atoms with Crippen LogP contribution in [0.2, 0.25) is 0 Å². The van der Waals surface area contributed by atoms with Gasteiger partial charge in [0.25, 0.3) is 5.91 Å². The van der Waals surface area contributed by atoms with Gasteiger partial charge in [0, 0.05) is 18.4 Å². The Labute approximate surface area is 144 Å². The Morgan fingerprint density at radius 2 is 2.04 bits per heavy atom. The topological polar surface area (TPSA) is 97.1 Å². The molecule has 7 nitrogen and oxygen atoms in total. The van der Waals surface area contributed by atoms with E-state index in [-0.39, 0.29) is 24.2 Å². The van der Waals surface area contributed by atoms with Crippen LogP contribution >= 0.6 is 0 Å². The highest BCUT2D eigenvalue weighted by Crippen LogP contribution is 2.18. The van der Waals surface area contributed by atoms with E-state index >= 15 is 0 Å². The minimum absolute atomic E-state index is 0.0262. The zero-order chi connectivity index (χ0) is 18.6. The van der Waals surface area contributed by atoms with Crippen molar-refractivity contribution in [1.29, 1.82) is 0 Å². The van der Waals surface area contributed by atoms with E-state index < -0.39 is 17.7 Å². The highest BCUT2D eigenvalue weighted by atomic mass is 19.1. The summed E-state index contributed by atoms with van der Waals surface area (Å²) in [5, 5.41) is 15.6. The molecule has 1 unspecified atom stereocenters. The van der Waals surface area contributed by atoms with Gasteiger partial charge in [-0.2, -0.15) is 0 Å². The second-order valence-corrected chi connectivity index (χ2v) is 6.15. The van der Waals surface area contributed by atoms with Crippen LogP contribution < -0.4 is 5.32 Å². The number of nitrogens with one attached hydrogen (secondary N) is 1. The second-order valence-electron chi connectivity index (χ2n) is 6.15. The van der Waals surface area contributed by atoms with Crippen molar-refractivity contribution in [3.63, 3.8) is 0 Å². The van der Waals surface area contributed by atoms with Crippen LogP contribution in [-0.2, 0) is 4.79 Å². The first-order valence-electron chi connectivity index (χ1n) is 8.03. The van der Waals surface area contributed by atoms with Gasteiger partial charge >= 0.3 is 5.97 Å². The van der Waals surface area contributed by atoms with Crippen molar-refractivity contribution in [1.82, 2.24) is 20.1 Å². The van der Waals surface area contributed by atoms with Crippen LogP contribution in [0.5, 0.6) is 0 Å². The lowest BCUT2D eigenvalue weighted by Crippen LogP contribution is -2.33. The first kappa shape index (κ1) is 18.6. The third-order valence-electron chi connectivity index (χ3n) is 3.57. The van der Waals surface area contributed by atoms with Crippen LogP contribution in [0.4, 0.5) is 4.39 Å². The van der Waals surface area contributed by atoms with Gasteiger partial charge in [-0.1, -0.05) is 19.9 Å². The first-order valence-corrected chi connectivity index (χ1v) is 8.03.